The number of methoxy groups -OCH3 is 3. The van der Waals surface area contributed by atoms with Gasteiger partial charge in [-0.3, -0.25) is 19.4 Å². The third-order valence-electron chi connectivity index (χ3n) is 18.1. The fourth-order valence-corrected chi connectivity index (χ4v) is 16.2. The van der Waals surface area contributed by atoms with Gasteiger partial charge in [0.1, 0.15) is 11.2 Å². The van der Waals surface area contributed by atoms with Gasteiger partial charge in [-0.1, -0.05) is 66.0 Å². The number of hydrogen-bond acceptors (Lipinski definition) is 13. The number of anilines is 1. The zero-order chi connectivity index (χ0) is 49.5. The average Bonchev–Trinajstić information content (AvgIpc) is 4.00. The first-order chi connectivity index (χ1) is 32.9. The van der Waals surface area contributed by atoms with Crippen molar-refractivity contribution in [3.63, 3.8) is 0 Å². The Balaban J connectivity index is 1.32. The first-order valence-corrected chi connectivity index (χ1v) is 26.5. The molecule has 1 aliphatic carbocycles. The molecule has 1 aromatic heterocycles. The zero-order valence-electron chi connectivity index (χ0n) is 42.7. The Kier molecular flexibility index (Phi) is 13.2. The highest BCUT2D eigenvalue weighted by molar-refractivity contribution is 8.00. The molecule has 1 saturated carbocycles. The largest absolute Gasteiger partial charge is 0.496 e. The Bertz CT molecular complexity index is 2530. The average molecular weight is 969 g/mol. The highest BCUT2D eigenvalue weighted by Crippen LogP contribution is 2.68. The summed E-state index contributed by atoms with van der Waals surface area (Å²) >= 11 is 1.94. The normalized spacial score (nSPS) is 34.3. The fraction of sp³-hybridized carbons (Fsp3) is 0.655. The number of nitrogens with one attached hydrogen (secondary N) is 1. The molecule has 13 nitrogen and oxygen atoms in total. The van der Waals surface area contributed by atoms with Crippen LogP contribution in [-0.4, -0.2) is 138 Å². The molecule has 69 heavy (non-hydrogen) atoms. The summed E-state index contributed by atoms with van der Waals surface area (Å²) in [7, 11) is 6.23. The lowest BCUT2D eigenvalue weighted by Crippen LogP contribution is -2.81. The van der Waals surface area contributed by atoms with Gasteiger partial charge >= 0.3 is 17.9 Å². The number of rotatable bonds is 14. The first-order valence-electron chi connectivity index (χ1n) is 25.7. The van der Waals surface area contributed by atoms with Gasteiger partial charge < -0.3 is 39.0 Å². The minimum atomic E-state index is -2.32. The SMILES string of the molecule is CCCCCC(C)(CC)Sc1ccc2[nH]c3c(c2c1)CCN1C[C@H](C[C@@](O)(CC)C1)C[C@]3(C(=O)OC)c1cc2c(cc1OC)N(C)[C@H]1[C@@](O)(C(=O)OC)[C@H](OC(C)=O)[C@]3(CC)C=CCN4CC[C@]21[C@@H]43. The summed E-state index contributed by atoms with van der Waals surface area (Å²) in [4.78, 5) is 55.3. The van der Waals surface area contributed by atoms with Gasteiger partial charge in [-0.25, -0.2) is 4.79 Å². The van der Waals surface area contributed by atoms with Crippen LogP contribution < -0.4 is 9.64 Å². The van der Waals surface area contributed by atoms with E-state index in [4.69, 9.17) is 18.9 Å². The van der Waals surface area contributed by atoms with Crippen LogP contribution in [0.4, 0.5) is 5.69 Å². The van der Waals surface area contributed by atoms with Crippen molar-refractivity contribution in [3.8, 4) is 5.75 Å². The number of aromatic amines is 1. The van der Waals surface area contributed by atoms with Crippen LogP contribution in [0.25, 0.3) is 10.9 Å². The third kappa shape index (κ3) is 7.41. The predicted octanol–water partition coefficient (Wildman–Crippen LogP) is 7.83. The summed E-state index contributed by atoms with van der Waals surface area (Å²) < 4.78 is 24.4. The quantitative estimate of drug-likeness (QED) is 0.0474. The van der Waals surface area contributed by atoms with Gasteiger partial charge in [0.25, 0.3) is 0 Å². The summed E-state index contributed by atoms with van der Waals surface area (Å²) in [6, 6.07) is 9.54. The Morgan fingerprint density at radius 3 is 2.38 bits per heavy atom. The molecule has 14 heteroatoms. The Labute approximate surface area is 413 Å². The minimum Gasteiger partial charge on any atom is -0.496 e. The second-order valence-corrected chi connectivity index (χ2v) is 23.4. The first kappa shape index (κ1) is 49.9. The number of unbranched alkanes of at least 4 members (excludes halogenated alkanes) is 2. The van der Waals surface area contributed by atoms with E-state index in [0.717, 1.165) is 46.3 Å². The van der Waals surface area contributed by atoms with E-state index in [1.54, 1.807) is 7.11 Å². The molecule has 376 valence electrons. The van der Waals surface area contributed by atoms with Crippen LogP contribution in [0.2, 0.25) is 0 Å². The molecule has 6 aliphatic rings. The van der Waals surface area contributed by atoms with Crippen LogP contribution in [0.15, 0.2) is 47.4 Å². The van der Waals surface area contributed by atoms with Crippen molar-refractivity contribution in [3.05, 3.63) is 64.9 Å². The van der Waals surface area contributed by atoms with Crippen molar-refractivity contribution < 1.29 is 43.5 Å². The molecule has 2 unspecified atom stereocenters. The van der Waals surface area contributed by atoms with Crippen molar-refractivity contribution in [1.29, 1.82) is 0 Å². The number of H-pyrrole nitrogens is 1. The molecule has 3 aromatic rings. The maximum absolute atomic E-state index is 15.7. The lowest BCUT2D eigenvalue weighted by molar-refractivity contribution is -0.228. The standard InChI is InChI=1S/C55H76N4O9S/c1-11-15-16-21-50(6,12-2)69-36-18-19-41-38(27-36)37-20-25-58-32-35(30-51(63,13-3)33-58)31-54(44(37)56-41,48(61)66-9)40-28-39-42(29-43(40)65-8)57(7)46-53(39)23-26-59-24-17-22-52(14-4,45(53)59)47(68-34(5)60)55(46,64)49(62)67-10/h17-19,22,27-29,35,45-47,56,63-64H,11-16,20-21,23-26,30-33H2,1-10H3/t35-,45+,46-,47-,50?,51+,52-,53-,54+,55+/m1/s1. The monoisotopic (exact) mass is 969 g/mol. The van der Waals surface area contributed by atoms with E-state index in [1.165, 1.54) is 45.3 Å². The molecule has 2 bridgehead atoms. The number of esters is 3. The van der Waals surface area contributed by atoms with Crippen LogP contribution in [0.3, 0.4) is 0 Å². The number of carbonyl (C=O) groups excluding carboxylic acids is 3. The molecule has 6 heterocycles. The number of fused-ring (bicyclic) bond motifs is 6. The number of likely N-dealkylation sites (N-methyl/N-ethyl adjacent to an activating group) is 1. The van der Waals surface area contributed by atoms with Gasteiger partial charge in [0.05, 0.1) is 33.0 Å². The number of nitrogens with zero attached hydrogens (tertiary/aromatic N) is 3. The molecule has 2 aromatic carbocycles. The van der Waals surface area contributed by atoms with Crippen molar-refractivity contribution >= 4 is 46.3 Å². The van der Waals surface area contributed by atoms with Crippen LogP contribution >= 0.6 is 11.8 Å². The van der Waals surface area contributed by atoms with Gasteiger partial charge in [0.15, 0.2) is 6.10 Å². The van der Waals surface area contributed by atoms with E-state index in [9.17, 15) is 19.8 Å². The van der Waals surface area contributed by atoms with Crippen LogP contribution in [0.1, 0.15) is 128 Å². The molecule has 0 radical (unpaired) electrons. The number of benzene rings is 2. The summed E-state index contributed by atoms with van der Waals surface area (Å²) in [5, 5.41) is 26.8. The van der Waals surface area contributed by atoms with Gasteiger partial charge in [-0.05, 0) is 99.2 Å². The number of piperidine rings is 1. The van der Waals surface area contributed by atoms with Gasteiger partial charge in [0.2, 0.25) is 5.60 Å². The van der Waals surface area contributed by atoms with Crippen molar-refractivity contribution in [2.75, 3.05) is 66.0 Å². The van der Waals surface area contributed by atoms with E-state index < -0.39 is 57.5 Å². The summed E-state index contributed by atoms with van der Waals surface area (Å²) in [5.41, 5.74) is -1.65. The molecule has 2 saturated heterocycles. The van der Waals surface area contributed by atoms with E-state index in [2.05, 4.69) is 72.0 Å². The van der Waals surface area contributed by atoms with Crippen molar-refractivity contribution in [2.24, 2.45) is 11.3 Å². The van der Waals surface area contributed by atoms with Gasteiger partial charge in [0, 0.05) is 101 Å². The number of thioether (sulfide) groups is 1. The smallest absolute Gasteiger partial charge is 0.344 e. The number of aromatic nitrogens is 1. The molecule has 3 fully saturated rings. The van der Waals surface area contributed by atoms with E-state index in [0.29, 0.717) is 82.6 Å². The highest BCUT2D eigenvalue weighted by atomic mass is 32.2. The summed E-state index contributed by atoms with van der Waals surface area (Å²) in [5.74, 6) is -1.56. The van der Waals surface area contributed by atoms with E-state index in [-0.39, 0.29) is 16.7 Å². The lowest BCUT2D eigenvalue weighted by Gasteiger charge is -2.63. The molecule has 9 rings (SSSR count). The Morgan fingerprint density at radius 1 is 0.942 bits per heavy atom. The maximum Gasteiger partial charge on any atom is 0.344 e. The maximum atomic E-state index is 15.7. The third-order valence-corrected chi connectivity index (χ3v) is 19.6. The molecule has 0 amide bonds. The summed E-state index contributed by atoms with van der Waals surface area (Å²) in [6.45, 7) is 15.5. The van der Waals surface area contributed by atoms with Gasteiger partial charge in [-0.15, -0.1) is 11.8 Å². The second kappa shape index (κ2) is 18.2. The fourth-order valence-electron chi connectivity index (χ4n) is 14.9. The molecular formula is C55H76N4O9S. The number of aliphatic hydroxyl groups is 2. The van der Waals surface area contributed by atoms with E-state index >= 15 is 4.79 Å². The second-order valence-electron chi connectivity index (χ2n) is 21.7. The topological polar surface area (TPSA) is 154 Å². The van der Waals surface area contributed by atoms with Crippen LogP contribution in [0.5, 0.6) is 5.75 Å². The van der Waals surface area contributed by atoms with Crippen LogP contribution in [0, 0.1) is 11.3 Å². The molecule has 11 atom stereocenters. The number of ether oxygens (including phenoxy) is 4. The van der Waals surface area contributed by atoms with Crippen molar-refractivity contribution in [1.82, 2.24) is 14.8 Å². The Morgan fingerprint density at radius 2 is 1.71 bits per heavy atom. The molecule has 3 N–H and O–H groups in total. The van der Waals surface area contributed by atoms with E-state index in [1.807, 2.05) is 43.6 Å². The Hall–Kier alpha value is -4.08. The molecule has 5 aliphatic heterocycles. The number of carbonyl (C=O) groups is 3. The lowest BCUT2D eigenvalue weighted by atomic mass is 9.47. The molecular weight excluding hydrogens is 893 g/mol. The zero-order valence-corrected chi connectivity index (χ0v) is 43.5. The predicted molar refractivity (Wildman–Crippen MR) is 269 cm³/mol. The minimum absolute atomic E-state index is 0.0626. The summed E-state index contributed by atoms with van der Waals surface area (Å²) in [6.07, 6.45) is 11.7. The highest BCUT2D eigenvalue weighted by Gasteiger charge is 2.80. The number of hydrogen-bond donors (Lipinski definition) is 3. The van der Waals surface area contributed by atoms with Crippen LogP contribution in [-0.2, 0) is 45.8 Å². The molecule has 1 spiro atoms. The van der Waals surface area contributed by atoms with Gasteiger partial charge in [-0.2, -0.15) is 0 Å². The van der Waals surface area contributed by atoms with Crippen molar-refractivity contribution in [2.45, 2.75) is 162 Å².